The Kier molecular flexibility index (Phi) is 12.8. The first-order valence-corrected chi connectivity index (χ1v) is 16.5. The first-order chi connectivity index (χ1) is 10.8. The van der Waals surface area contributed by atoms with Crippen molar-refractivity contribution in [2.45, 2.75) is 6.92 Å². The van der Waals surface area contributed by atoms with Crippen molar-refractivity contribution in [2.75, 3.05) is 60.0 Å². The average Bonchev–Trinajstić information content (AvgIpc) is 2.59. The SMILES string of the molecule is CCOP(=S)(SC[Si](OC)(OC)OC)SC[Si](OC)(OC)OC. The van der Waals surface area contributed by atoms with Gasteiger partial charge in [-0.3, -0.25) is 0 Å². The highest BCUT2D eigenvalue weighted by molar-refractivity contribution is 8.99. The quantitative estimate of drug-likeness (QED) is 0.296. The molecule has 0 N–H and O–H groups in total. The van der Waals surface area contributed by atoms with E-state index in [9.17, 15) is 0 Å². The third kappa shape index (κ3) is 7.73. The van der Waals surface area contributed by atoms with Crippen molar-refractivity contribution in [1.29, 1.82) is 0 Å². The molecule has 23 heavy (non-hydrogen) atoms. The molecule has 0 aromatic rings. The Morgan fingerprint density at radius 2 is 1.04 bits per heavy atom. The Morgan fingerprint density at radius 1 is 0.739 bits per heavy atom. The van der Waals surface area contributed by atoms with Crippen molar-refractivity contribution in [3.8, 4) is 0 Å². The van der Waals surface area contributed by atoms with Crippen molar-refractivity contribution >= 4 is 56.8 Å². The van der Waals surface area contributed by atoms with Crippen molar-refractivity contribution < 1.29 is 31.1 Å². The zero-order valence-corrected chi connectivity index (χ0v) is 20.0. The molecule has 0 unspecified atom stereocenters. The van der Waals surface area contributed by atoms with Crippen molar-refractivity contribution in [1.82, 2.24) is 0 Å². The monoisotopic (exact) mass is 442 g/mol. The second-order valence-corrected chi connectivity index (χ2v) is 21.4. The van der Waals surface area contributed by atoms with E-state index in [0.29, 0.717) is 17.4 Å². The van der Waals surface area contributed by atoms with Crippen LogP contribution in [0.5, 0.6) is 0 Å². The second-order valence-electron chi connectivity index (χ2n) is 4.00. The maximum absolute atomic E-state index is 5.85. The van der Waals surface area contributed by atoms with E-state index in [1.165, 1.54) is 22.8 Å². The summed E-state index contributed by atoms with van der Waals surface area (Å²) in [7, 11) is 4.06. The van der Waals surface area contributed by atoms with Gasteiger partial charge in [0, 0.05) is 42.7 Å². The third-order valence-electron chi connectivity index (χ3n) is 2.95. The van der Waals surface area contributed by atoms with E-state index < -0.39 is 22.3 Å². The van der Waals surface area contributed by atoms with Gasteiger partial charge < -0.3 is 31.1 Å². The minimum absolute atomic E-state index is 0.516. The summed E-state index contributed by atoms with van der Waals surface area (Å²) in [5.74, 6) is 0. The molecule has 0 bridgehead atoms. The summed E-state index contributed by atoms with van der Waals surface area (Å²) in [5, 5.41) is 1.03. The van der Waals surface area contributed by atoms with Crippen LogP contribution in [0.2, 0.25) is 0 Å². The lowest BCUT2D eigenvalue weighted by atomic mass is 10.9. The van der Waals surface area contributed by atoms with Crippen LogP contribution in [0.15, 0.2) is 0 Å². The molecule has 0 radical (unpaired) electrons. The third-order valence-corrected chi connectivity index (χ3v) is 20.7. The molecule has 0 aromatic heterocycles. The van der Waals surface area contributed by atoms with Gasteiger partial charge in [-0.2, -0.15) is 0 Å². The lowest BCUT2D eigenvalue weighted by Crippen LogP contribution is -2.46. The van der Waals surface area contributed by atoms with Crippen LogP contribution in [0.4, 0.5) is 0 Å². The van der Waals surface area contributed by atoms with E-state index in [0.717, 1.165) is 0 Å². The van der Waals surface area contributed by atoms with Gasteiger partial charge in [-0.1, -0.05) is 22.8 Å². The minimum Gasteiger partial charge on any atom is -0.376 e. The van der Waals surface area contributed by atoms with Gasteiger partial charge in [-0.25, -0.2) is 0 Å². The van der Waals surface area contributed by atoms with Gasteiger partial charge in [-0.05, 0) is 18.7 Å². The van der Waals surface area contributed by atoms with Gasteiger partial charge in [0.05, 0.1) is 17.4 Å². The van der Waals surface area contributed by atoms with Crippen LogP contribution in [0.25, 0.3) is 0 Å². The van der Waals surface area contributed by atoms with Crippen LogP contribution < -0.4 is 0 Å². The fraction of sp³-hybridized carbons (Fsp3) is 1.00. The zero-order chi connectivity index (χ0) is 18.0. The Balaban J connectivity index is 4.96. The number of hydrogen-bond acceptors (Lipinski definition) is 10. The van der Waals surface area contributed by atoms with Gasteiger partial charge in [0.1, 0.15) is 0 Å². The first-order valence-electron chi connectivity index (χ1n) is 6.68. The fourth-order valence-corrected chi connectivity index (χ4v) is 22.0. The molecule has 140 valence electrons. The fourth-order valence-electron chi connectivity index (χ4n) is 1.44. The van der Waals surface area contributed by atoms with Crippen LogP contribution >= 0.6 is 27.4 Å². The molecule has 0 saturated heterocycles. The predicted molar refractivity (Wildman–Crippen MR) is 104 cm³/mol. The smallest absolute Gasteiger partial charge is 0.376 e. The summed E-state index contributed by atoms with van der Waals surface area (Å²) < 4.78 is 36.2. The molecule has 7 nitrogen and oxygen atoms in total. The first kappa shape index (κ1) is 24.5. The molecule has 0 aromatic carbocycles. The summed E-state index contributed by atoms with van der Waals surface area (Å²) in [5.41, 5.74) is 0. The van der Waals surface area contributed by atoms with E-state index in [1.807, 2.05) is 6.92 Å². The highest BCUT2D eigenvalue weighted by Crippen LogP contribution is 2.70. The van der Waals surface area contributed by atoms with Gasteiger partial charge >= 0.3 is 17.6 Å². The molecular weight excluding hydrogens is 415 g/mol. The van der Waals surface area contributed by atoms with Crippen LogP contribution in [0.1, 0.15) is 6.92 Å². The van der Waals surface area contributed by atoms with Crippen molar-refractivity contribution in [2.24, 2.45) is 0 Å². The molecule has 0 rings (SSSR count). The van der Waals surface area contributed by atoms with E-state index >= 15 is 0 Å². The summed E-state index contributed by atoms with van der Waals surface area (Å²) in [6, 6.07) is 0. The molecule has 0 heterocycles. The van der Waals surface area contributed by atoms with Gasteiger partial charge in [-0.15, -0.1) is 0 Å². The topological polar surface area (TPSA) is 64.6 Å². The molecule has 0 fully saturated rings. The van der Waals surface area contributed by atoms with Crippen LogP contribution in [0.3, 0.4) is 0 Å². The summed E-state index contributed by atoms with van der Waals surface area (Å²) in [6.07, 6.45) is 0. The Bertz CT molecular complexity index is 328. The number of hydrogen-bond donors (Lipinski definition) is 0. The molecule has 0 aliphatic heterocycles. The summed E-state index contributed by atoms with van der Waals surface area (Å²) in [6.45, 7) is 2.45. The summed E-state index contributed by atoms with van der Waals surface area (Å²) >= 11 is 8.77. The van der Waals surface area contributed by atoms with Crippen LogP contribution in [-0.2, 0) is 42.9 Å². The van der Waals surface area contributed by atoms with Crippen LogP contribution in [0, 0.1) is 0 Å². The van der Waals surface area contributed by atoms with E-state index in [2.05, 4.69) is 0 Å². The van der Waals surface area contributed by atoms with Gasteiger partial charge in [0.15, 0.2) is 4.67 Å². The number of rotatable bonds is 14. The molecule has 0 saturated carbocycles. The van der Waals surface area contributed by atoms with E-state index in [-0.39, 0.29) is 0 Å². The predicted octanol–water partition coefficient (Wildman–Crippen LogP) is 2.55. The standard InChI is InChI=1S/C10H27O7PS3Si2/c1-8-17-18(19,20-9-22(11-2,12-3)13-4)21-10-23(14-5,15-6)16-7/h8-10H2,1-7H3. The maximum Gasteiger partial charge on any atom is 0.511 e. The molecule has 0 aliphatic rings. The lowest BCUT2D eigenvalue weighted by Gasteiger charge is -2.29. The second kappa shape index (κ2) is 12.0. The molecule has 13 heteroatoms. The van der Waals surface area contributed by atoms with Crippen LogP contribution in [-0.4, -0.2) is 77.6 Å². The highest BCUT2D eigenvalue weighted by Gasteiger charge is 2.43. The average molecular weight is 443 g/mol. The summed E-state index contributed by atoms with van der Waals surface area (Å²) in [4.78, 5) is 0. The van der Waals surface area contributed by atoms with Crippen molar-refractivity contribution in [3.63, 3.8) is 0 Å². The van der Waals surface area contributed by atoms with Gasteiger partial charge in [0.25, 0.3) is 0 Å². The van der Waals surface area contributed by atoms with E-state index in [4.69, 9.17) is 42.9 Å². The molecular formula is C10H27O7PS3Si2. The zero-order valence-electron chi connectivity index (χ0n) is 14.7. The Hall–Kier alpha value is 1.50. The maximum atomic E-state index is 5.85. The minimum atomic E-state index is -2.71. The molecule has 0 spiro atoms. The van der Waals surface area contributed by atoms with E-state index in [1.54, 1.807) is 42.7 Å². The molecule has 0 atom stereocenters. The lowest BCUT2D eigenvalue weighted by molar-refractivity contribution is 0.130. The molecule has 0 aliphatic carbocycles. The Morgan fingerprint density at radius 3 is 1.26 bits per heavy atom. The normalized spacial score (nSPS) is 13.5. The largest absolute Gasteiger partial charge is 0.511 e. The van der Waals surface area contributed by atoms with Crippen molar-refractivity contribution in [3.05, 3.63) is 0 Å². The van der Waals surface area contributed by atoms with Gasteiger partial charge in [0.2, 0.25) is 0 Å². The molecule has 0 amide bonds. The highest BCUT2D eigenvalue weighted by atomic mass is 33.2. The Labute approximate surface area is 154 Å².